The molecule has 1 saturated carbocycles. The van der Waals surface area contributed by atoms with E-state index in [0.29, 0.717) is 31.3 Å². The molecule has 154 valence electrons. The highest BCUT2D eigenvalue weighted by atomic mass is 16.3. The zero-order chi connectivity index (χ0) is 20.1. The molecule has 9 nitrogen and oxygen atoms in total. The number of aliphatic hydroxyl groups is 1. The first-order valence-electron chi connectivity index (χ1n) is 10.1. The number of rotatable bonds is 6. The van der Waals surface area contributed by atoms with Gasteiger partial charge < -0.3 is 26.4 Å². The van der Waals surface area contributed by atoms with Crippen molar-refractivity contribution in [2.75, 3.05) is 23.7 Å². The molecule has 2 amide bonds. The summed E-state index contributed by atoms with van der Waals surface area (Å²) in [5, 5.41) is 16.3. The third-order valence-electron chi connectivity index (χ3n) is 5.58. The van der Waals surface area contributed by atoms with E-state index in [-0.39, 0.29) is 29.7 Å². The molecule has 2 fully saturated rings. The van der Waals surface area contributed by atoms with Crippen LogP contribution in [0.1, 0.15) is 62.2 Å². The maximum Gasteiger partial charge on any atom is 0.254 e. The molecule has 0 unspecified atom stereocenters. The third-order valence-corrected chi connectivity index (χ3v) is 5.58. The van der Waals surface area contributed by atoms with Gasteiger partial charge in [0.25, 0.3) is 5.91 Å². The smallest absolute Gasteiger partial charge is 0.254 e. The summed E-state index contributed by atoms with van der Waals surface area (Å²) in [6.45, 7) is 3.25. The van der Waals surface area contributed by atoms with Crippen LogP contribution in [-0.2, 0) is 4.79 Å². The summed E-state index contributed by atoms with van der Waals surface area (Å²) < 4.78 is 0. The van der Waals surface area contributed by atoms with Crippen molar-refractivity contribution in [1.82, 2.24) is 14.9 Å². The number of anilines is 2. The molecular formula is C19H30N6O3. The molecule has 2 aliphatic rings. The van der Waals surface area contributed by atoms with Crippen LogP contribution in [0.2, 0.25) is 0 Å². The van der Waals surface area contributed by atoms with Crippen LogP contribution in [0.15, 0.2) is 6.20 Å². The van der Waals surface area contributed by atoms with Crippen LogP contribution < -0.4 is 16.4 Å². The second-order valence-electron chi connectivity index (χ2n) is 7.62. The molecule has 0 bridgehead atoms. The minimum Gasteiger partial charge on any atom is -0.393 e. The van der Waals surface area contributed by atoms with Gasteiger partial charge in [-0.3, -0.25) is 9.59 Å². The molecule has 1 aromatic heterocycles. The molecule has 5 N–H and O–H groups in total. The van der Waals surface area contributed by atoms with Crippen molar-refractivity contribution in [3.63, 3.8) is 0 Å². The molecule has 1 aliphatic heterocycles. The van der Waals surface area contributed by atoms with E-state index >= 15 is 0 Å². The van der Waals surface area contributed by atoms with Crippen molar-refractivity contribution in [3.05, 3.63) is 11.8 Å². The lowest BCUT2D eigenvalue weighted by Gasteiger charge is -2.33. The van der Waals surface area contributed by atoms with E-state index in [1.54, 1.807) is 0 Å². The Bertz CT molecular complexity index is 697. The Hall–Kier alpha value is -2.42. The van der Waals surface area contributed by atoms with Crippen LogP contribution in [0.5, 0.6) is 0 Å². The van der Waals surface area contributed by atoms with Gasteiger partial charge in [-0.15, -0.1) is 0 Å². The second-order valence-corrected chi connectivity index (χ2v) is 7.62. The molecule has 1 saturated heterocycles. The molecule has 0 atom stereocenters. The highest BCUT2D eigenvalue weighted by Crippen LogP contribution is 2.23. The molecule has 1 aliphatic carbocycles. The molecule has 3 rings (SSSR count). The van der Waals surface area contributed by atoms with Gasteiger partial charge in [0, 0.05) is 37.8 Å². The molecule has 2 heterocycles. The predicted molar refractivity (Wildman–Crippen MR) is 106 cm³/mol. The molecule has 28 heavy (non-hydrogen) atoms. The van der Waals surface area contributed by atoms with Crippen molar-refractivity contribution in [1.29, 1.82) is 0 Å². The van der Waals surface area contributed by atoms with Gasteiger partial charge in [0.05, 0.1) is 11.7 Å². The Balaban J connectivity index is 1.65. The number of nitrogens with zero attached hydrogens (tertiary/aromatic N) is 3. The van der Waals surface area contributed by atoms with Crippen molar-refractivity contribution in [2.45, 2.75) is 70.1 Å². The van der Waals surface area contributed by atoms with E-state index in [4.69, 9.17) is 5.73 Å². The van der Waals surface area contributed by atoms with Crippen LogP contribution in [0.4, 0.5) is 11.8 Å². The number of nitrogens with one attached hydrogen (secondary N) is 2. The average molecular weight is 390 g/mol. The van der Waals surface area contributed by atoms with Crippen LogP contribution in [0.3, 0.4) is 0 Å². The number of amides is 2. The lowest BCUT2D eigenvalue weighted by Crippen LogP contribution is -2.42. The van der Waals surface area contributed by atoms with E-state index in [9.17, 15) is 14.7 Å². The summed E-state index contributed by atoms with van der Waals surface area (Å²) in [5.41, 5.74) is 5.75. The largest absolute Gasteiger partial charge is 0.393 e. The van der Waals surface area contributed by atoms with E-state index in [1.165, 1.54) is 6.20 Å². The van der Waals surface area contributed by atoms with Crippen LogP contribution in [0, 0.1) is 0 Å². The number of carbonyl (C=O) groups is 2. The minimum absolute atomic E-state index is 0.117. The van der Waals surface area contributed by atoms with E-state index in [0.717, 1.165) is 38.5 Å². The fraction of sp³-hybridized carbons (Fsp3) is 0.684. The van der Waals surface area contributed by atoms with Gasteiger partial charge in [-0.05, 0) is 38.5 Å². The fourth-order valence-corrected chi connectivity index (χ4v) is 3.83. The Morgan fingerprint density at radius 1 is 1.14 bits per heavy atom. The summed E-state index contributed by atoms with van der Waals surface area (Å²) in [6.07, 6.45) is 6.56. The topological polar surface area (TPSA) is 133 Å². The molecule has 0 aromatic carbocycles. The molecular weight excluding hydrogens is 360 g/mol. The van der Waals surface area contributed by atoms with Gasteiger partial charge in [0.2, 0.25) is 11.9 Å². The number of carbonyl (C=O) groups excluding carboxylic acids is 2. The monoisotopic (exact) mass is 390 g/mol. The maximum absolute atomic E-state index is 11.8. The number of hydrogen-bond donors (Lipinski definition) is 4. The number of nitrogens with two attached hydrogens (primary N) is 1. The lowest BCUT2D eigenvalue weighted by atomic mass is 9.93. The van der Waals surface area contributed by atoms with E-state index < -0.39 is 5.91 Å². The van der Waals surface area contributed by atoms with Gasteiger partial charge in [0.15, 0.2) is 0 Å². The summed E-state index contributed by atoms with van der Waals surface area (Å²) in [6, 6.07) is 0.325. The number of likely N-dealkylation sites (tertiary alicyclic amines) is 1. The van der Waals surface area contributed by atoms with Crippen molar-refractivity contribution in [2.24, 2.45) is 5.73 Å². The SMILES string of the molecule is CCC(=O)N1CCC(Nc2nc(N[C@H]3CC[C@H](O)CC3)ncc2C(N)=O)CC1. The number of aliphatic hydroxyl groups excluding tert-OH is 1. The normalized spacial score (nSPS) is 23.3. The average Bonchev–Trinajstić information content (AvgIpc) is 2.69. The van der Waals surface area contributed by atoms with Crippen molar-refractivity contribution in [3.8, 4) is 0 Å². The second kappa shape index (κ2) is 9.18. The van der Waals surface area contributed by atoms with E-state index in [2.05, 4.69) is 20.6 Å². The predicted octanol–water partition coefficient (Wildman–Crippen LogP) is 1.10. The lowest BCUT2D eigenvalue weighted by molar-refractivity contribution is -0.131. The van der Waals surface area contributed by atoms with Crippen LogP contribution in [-0.4, -0.2) is 63.1 Å². The van der Waals surface area contributed by atoms with Gasteiger partial charge in [-0.1, -0.05) is 6.92 Å². The zero-order valence-electron chi connectivity index (χ0n) is 16.4. The molecule has 1 aromatic rings. The Kier molecular flexibility index (Phi) is 6.66. The number of hydrogen-bond acceptors (Lipinski definition) is 7. The number of piperidine rings is 1. The fourth-order valence-electron chi connectivity index (χ4n) is 3.83. The number of aromatic nitrogens is 2. The molecule has 9 heteroatoms. The van der Waals surface area contributed by atoms with Gasteiger partial charge >= 0.3 is 0 Å². The minimum atomic E-state index is -0.576. The van der Waals surface area contributed by atoms with Gasteiger partial charge in [-0.2, -0.15) is 4.98 Å². The maximum atomic E-state index is 11.8. The summed E-state index contributed by atoms with van der Waals surface area (Å²) in [5.74, 6) is 0.476. The summed E-state index contributed by atoms with van der Waals surface area (Å²) in [7, 11) is 0. The summed E-state index contributed by atoms with van der Waals surface area (Å²) in [4.78, 5) is 34.2. The van der Waals surface area contributed by atoms with Crippen molar-refractivity contribution >= 4 is 23.6 Å². The Morgan fingerprint density at radius 3 is 2.39 bits per heavy atom. The first kappa shape index (κ1) is 20.3. The van der Waals surface area contributed by atoms with Crippen molar-refractivity contribution < 1.29 is 14.7 Å². The van der Waals surface area contributed by atoms with E-state index in [1.807, 2.05) is 11.8 Å². The Morgan fingerprint density at radius 2 is 1.79 bits per heavy atom. The number of primary amides is 1. The van der Waals surface area contributed by atoms with Crippen LogP contribution >= 0.6 is 0 Å². The standard InChI is InChI=1S/C19H30N6O3/c1-2-16(27)25-9-7-13(8-10-25)22-18-15(17(20)28)11-21-19(24-18)23-12-3-5-14(26)6-4-12/h11-14,26H,2-10H2,1H3,(H2,20,28)(H2,21,22,23,24)/t12-,14-. The first-order valence-corrected chi connectivity index (χ1v) is 10.1. The Labute approximate surface area is 165 Å². The molecule has 0 spiro atoms. The zero-order valence-corrected chi connectivity index (χ0v) is 16.4. The third kappa shape index (κ3) is 5.09. The quantitative estimate of drug-likeness (QED) is 0.571. The van der Waals surface area contributed by atoms with Crippen LogP contribution in [0.25, 0.3) is 0 Å². The highest BCUT2D eigenvalue weighted by Gasteiger charge is 2.24. The molecule has 0 radical (unpaired) electrons. The van der Waals surface area contributed by atoms with Gasteiger partial charge in [-0.25, -0.2) is 4.98 Å². The highest BCUT2D eigenvalue weighted by molar-refractivity contribution is 5.97. The van der Waals surface area contributed by atoms with Gasteiger partial charge in [0.1, 0.15) is 5.82 Å². The summed E-state index contributed by atoms with van der Waals surface area (Å²) >= 11 is 0. The first-order chi connectivity index (χ1) is 13.5.